The highest BCUT2D eigenvalue weighted by atomic mass is 19.4. The van der Waals surface area contributed by atoms with Crippen LogP contribution in [0.1, 0.15) is 13.8 Å². The van der Waals surface area contributed by atoms with E-state index < -0.39 is 30.4 Å². The van der Waals surface area contributed by atoms with E-state index in [1.165, 1.54) is 5.48 Å². The van der Waals surface area contributed by atoms with Gasteiger partial charge in [-0.05, 0) is 13.8 Å². The number of esters is 1. The van der Waals surface area contributed by atoms with Crippen molar-refractivity contribution in [3.63, 3.8) is 0 Å². The summed E-state index contributed by atoms with van der Waals surface area (Å²) in [6.07, 6.45) is -4.57. The number of hydroxylamine groups is 1. The molecule has 0 unspecified atom stereocenters. The first-order chi connectivity index (χ1) is 7.15. The van der Waals surface area contributed by atoms with Gasteiger partial charge in [0.1, 0.15) is 0 Å². The van der Waals surface area contributed by atoms with E-state index in [1.54, 1.807) is 0 Å². The minimum atomic E-state index is -4.57. The van der Waals surface area contributed by atoms with E-state index in [0.717, 1.165) is 21.0 Å². The van der Waals surface area contributed by atoms with Gasteiger partial charge >= 0.3 is 12.1 Å². The van der Waals surface area contributed by atoms with Crippen LogP contribution in [0.15, 0.2) is 0 Å². The highest BCUT2D eigenvalue weighted by Gasteiger charge is 2.49. The summed E-state index contributed by atoms with van der Waals surface area (Å²) in [4.78, 5) is 10.9. The van der Waals surface area contributed by atoms with Crippen LogP contribution in [-0.2, 0) is 14.3 Å². The van der Waals surface area contributed by atoms with E-state index in [1.807, 2.05) is 0 Å². The van der Waals surface area contributed by atoms with Gasteiger partial charge in [-0.1, -0.05) is 0 Å². The highest BCUT2D eigenvalue weighted by molar-refractivity contribution is 5.75. The Kier molecular flexibility index (Phi) is 5.17. The molecule has 16 heavy (non-hydrogen) atoms. The maximum Gasteiger partial charge on any atom is 0.416 e. The second-order valence-electron chi connectivity index (χ2n) is 3.52. The molecule has 0 aliphatic heterocycles. The smallest absolute Gasteiger partial charge is 0.416 e. The molecular weight excluding hydrogens is 231 g/mol. The molecule has 0 saturated carbocycles. The van der Waals surface area contributed by atoms with Gasteiger partial charge in [0.25, 0.3) is 0 Å². The lowest BCUT2D eigenvalue weighted by Gasteiger charge is -2.29. The third kappa shape index (κ3) is 3.95. The predicted molar refractivity (Wildman–Crippen MR) is 46.8 cm³/mol. The van der Waals surface area contributed by atoms with Crippen molar-refractivity contribution in [1.29, 1.82) is 0 Å². The molecule has 0 aromatic rings. The lowest BCUT2D eigenvalue weighted by atomic mass is 10.1. The molecule has 96 valence electrons. The summed E-state index contributed by atoms with van der Waals surface area (Å²) < 4.78 is 45.8. The second-order valence-corrected chi connectivity index (χ2v) is 3.52. The quantitative estimate of drug-likeness (QED) is 0.555. The molecule has 0 aliphatic rings. The van der Waals surface area contributed by atoms with Gasteiger partial charge in [-0.15, -0.1) is 0 Å². The van der Waals surface area contributed by atoms with Crippen molar-refractivity contribution >= 4 is 5.97 Å². The molecule has 5 nitrogen and oxygen atoms in total. The van der Waals surface area contributed by atoms with E-state index in [0.29, 0.717) is 0 Å². The summed E-state index contributed by atoms with van der Waals surface area (Å²) in [7, 11) is 1.04. The Balaban J connectivity index is 4.37. The topological polar surface area (TPSA) is 67.8 Å². The fraction of sp³-hybridized carbons (Fsp3) is 0.875. The molecule has 0 aliphatic carbocycles. The molecule has 0 heterocycles. The average Bonchev–Trinajstić information content (AvgIpc) is 2.16. The second kappa shape index (κ2) is 5.46. The summed E-state index contributed by atoms with van der Waals surface area (Å²) in [5.41, 5.74) is -0.897. The number of rotatable bonds is 5. The summed E-state index contributed by atoms with van der Waals surface area (Å²) in [5.74, 6) is -0.916. The number of alkyl halides is 3. The van der Waals surface area contributed by atoms with Crippen LogP contribution in [0.2, 0.25) is 0 Å². The fourth-order valence-corrected chi connectivity index (χ4v) is 0.674. The van der Waals surface area contributed by atoms with Gasteiger partial charge in [-0.2, -0.15) is 18.7 Å². The van der Waals surface area contributed by atoms with Crippen LogP contribution in [-0.4, -0.2) is 42.7 Å². The fourth-order valence-electron chi connectivity index (χ4n) is 0.674. The number of carbonyl (C=O) groups is 1. The molecular formula is C8H14F3NO4. The van der Waals surface area contributed by atoms with Crippen molar-refractivity contribution < 1.29 is 32.6 Å². The monoisotopic (exact) mass is 245 g/mol. The molecule has 0 spiro atoms. The van der Waals surface area contributed by atoms with Crippen LogP contribution < -0.4 is 5.48 Å². The highest BCUT2D eigenvalue weighted by Crippen LogP contribution is 2.32. The number of ether oxygens (including phenoxy) is 2. The number of hydrogen-bond acceptors (Lipinski definition) is 5. The number of nitrogens with one attached hydrogen (secondary N) is 1. The average molecular weight is 245 g/mol. The molecule has 8 heteroatoms. The van der Waals surface area contributed by atoms with Crippen LogP contribution >= 0.6 is 0 Å². The third-order valence-electron chi connectivity index (χ3n) is 1.94. The van der Waals surface area contributed by atoms with Gasteiger partial charge in [0, 0.05) is 0 Å². The van der Waals surface area contributed by atoms with Crippen molar-refractivity contribution in [3.8, 4) is 0 Å². The first kappa shape index (κ1) is 15.1. The van der Waals surface area contributed by atoms with Crippen molar-refractivity contribution in [2.45, 2.75) is 31.7 Å². The Morgan fingerprint density at radius 2 is 1.94 bits per heavy atom. The Bertz CT molecular complexity index is 242. The SMILES string of the molecule is COC(=O)[C@H](COC(C)(C)C(F)(F)F)NO. The van der Waals surface area contributed by atoms with E-state index >= 15 is 0 Å². The van der Waals surface area contributed by atoms with Gasteiger partial charge in [-0.25, -0.2) is 0 Å². The van der Waals surface area contributed by atoms with E-state index in [4.69, 9.17) is 5.21 Å². The first-order valence-electron chi connectivity index (χ1n) is 4.34. The zero-order valence-corrected chi connectivity index (χ0v) is 9.09. The van der Waals surface area contributed by atoms with Crippen LogP contribution in [0.5, 0.6) is 0 Å². The molecule has 0 fully saturated rings. The largest absolute Gasteiger partial charge is 0.468 e. The summed E-state index contributed by atoms with van der Waals surface area (Å²) >= 11 is 0. The van der Waals surface area contributed by atoms with E-state index in [9.17, 15) is 18.0 Å². The standard InChI is InChI=1S/C8H14F3NO4/c1-7(2,8(9,10)11)16-4-5(12-14)6(13)15-3/h5,12,14H,4H2,1-3H3/t5-/m0/s1. The van der Waals surface area contributed by atoms with Crippen LogP contribution in [0.3, 0.4) is 0 Å². The molecule has 0 rings (SSSR count). The molecule has 0 radical (unpaired) electrons. The van der Waals surface area contributed by atoms with Crippen molar-refractivity contribution in [1.82, 2.24) is 5.48 Å². The van der Waals surface area contributed by atoms with Gasteiger partial charge in [0.05, 0.1) is 13.7 Å². The molecule has 2 N–H and O–H groups in total. The molecule has 0 aromatic heterocycles. The number of halogens is 3. The molecule has 0 bridgehead atoms. The van der Waals surface area contributed by atoms with Crippen LogP contribution in [0.25, 0.3) is 0 Å². The minimum absolute atomic E-state index is 0.657. The Hall–Kier alpha value is -0.860. The number of methoxy groups -OCH3 is 1. The normalized spacial score (nSPS) is 14.7. The predicted octanol–water partition coefficient (Wildman–Crippen LogP) is 0.864. The Labute approximate surface area is 90.5 Å². The molecule has 1 atom stereocenters. The number of hydrogen-bond donors (Lipinski definition) is 2. The van der Waals surface area contributed by atoms with Gasteiger partial charge in [0.15, 0.2) is 11.6 Å². The maximum absolute atomic E-state index is 12.3. The lowest BCUT2D eigenvalue weighted by molar-refractivity contribution is -0.266. The van der Waals surface area contributed by atoms with E-state index in [2.05, 4.69) is 9.47 Å². The van der Waals surface area contributed by atoms with E-state index in [-0.39, 0.29) is 0 Å². The van der Waals surface area contributed by atoms with Crippen molar-refractivity contribution in [2.75, 3.05) is 13.7 Å². The van der Waals surface area contributed by atoms with Gasteiger partial charge in [0.2, 0.25) is 0 Å². The molecule has 0 aromatic carbocycles. The Morgan fingerprint density at radius 3 is 2.25 bits per heavy atom. The number of carbonyl (C=O) groups excluding carboxylic acids is 1. The summed E-state index contributed by atoms with van der Waals surface area (Å²) in [6.45, 7) is 0.979. The third-order valence-corrected chi connectivity index (χ3v) is 1.94. The zero-order valence-electron chi connectivity index (χ0n) is 9.09. The van der Waals surface area contributed by atoms with Gasteiger partial charge in [-0.3, -0.25) is 4.79 Å². The first-order valence-corrected chi connectivity index (χ1v) is 4.34. The zero-order chi connectivity index (χ0) is 13.0. The minimum Gasteiger partial charge on any atom is -0.468 e. The Morgan fingerprint density at radius 1 is 1.44 bits per heavy atom. The molecule has 0 saturated heterocycles. The summed E-state index contributed by atoms with van der Waals surface area (Å²) in [6, 6.07) is -1.35. The summed E-state index contributed by atoms with van der Waals surface area (Å²) in [5, 5.41) is 8.52. The van der Waals surface area contributed by atoms with Crippen LogP contribution in [0, 0.1) is 0 Å². The van der Waals surface area contributed by atoms with Crippen LogP contribution in [0.4, 0.5) is 13.2 Å². The van der Waals surface area contributed by atoms with Crippen molar-refractivity contribution in [2.24, 2.45) is 0 Å². The molecule has 0 amide bonds. The lowest BCUT2D eigenvalue weighted by Crippen LogP contribution is -2.47. The van der Waals surface area contributed by atoms with Crippen molar-refractivity contribution in [3.05, 3.63) is 0 Å². The maximum atomic E-state index is 12.3. The van der Waals surface area contributed by atoms with Gasteiger partial charge < -0.3 is 14.7 Å².